The molecule has 0 aromatic heterocycles. The molecule has 0 heterocycles. The maximum atomic E-state index is 11.1. The molecule has 0 bridgehead atoms. The lowest BCUT2D eigenvalue weighted by molar-refractivity contribution is -0.174. The predicted molar refractivity (Wildman–Crippen MR) is 75.0 cm³/mol. The Hall–Kier alpha value is -1.08. The molecule has 1 nitrogen and oxygen atoms in total. The first kappa shape index (κ1) is 12.0. The predicted octanol–water partition coefficient (Wildman–Crippen LogP) is 3.97. The minimum Gasteiger partial charge on any atom is -0.384 e. The molecule has 2 aliphatic carbocycles. The molecule has 18 heavy (non-hydrogen) atoms. The van der Waals surface area contributed by atoms with Crippen LogP contribution in [0, 0.1) is 17.3 Å². The Labute approximate surface area is 110 Å². The van der Waals surface area contributed by atoms with Crippen LogP contribution in [0.15, 0.2) is 29.8 Å². The molecule has 1 aromatic carbocycles. The van der Waals surface area contributed by atoms with Crippen molar-refractivity contribution in [2.45, 2.75) is 39.7 Å². The van der Waals surface area contributed by atoms with E-state index in [9.17, 15) is 5.11 Å². The molecule has 2 unspecified atom stereocenters. The van der Waals surface area contributed by atoms with Crippen LogP contribution in [0.3, 0.4) is 0 Å². The van der Waals surface area contributed by atoms with Crippen molar-refractivity contribution >= 4 is 6.08 Å². The highest BCUT2D eigenvalue weighted by Crippen LogP contribution is 2.64. The number of rotatable bonds is 1. The molecule has 0 aliphatic heterocycles. The van der Waals surface area contributed by atoms with Gasteiger partial charge in [0.25, 0.3) is 0 Å². The van der Waals surface area contributed by atoms with Crippen LogP contribution in [0.4, 0.5) is 0 Å². The van der Waals surface area contributed by atoms with E-state index < -0.39 is 5.60 Å². The monoisotopic (exact) mass is 242 g/mol. The highest BCUT2D eigenvalue weighted by atomic mass is 16.3. The maximum absolute atomic E-state index is 11.1. The molecule has 0 saturated heterocycles. The standard InChI is InChI=1S/C17H22O/c1-11(2)13-9-12-7-5-6-8-14(12)17(18)10-16(3,4)15(13)17/h5-9,11,15,18H,10H2,1-4H3. The Kier molecular flexibility index (Phi) is 2.31. The van der Waals surface area contributed by atoms with Crippen LogP contribution in [-0.4, -0.2) is 5.11 Å². The summed E-state index contributed by atoms with van der Waals surface area (Å²) in [6.07, 6.45) is 3.17. The molecular weight excluding hydrogens is 220 g/mol. The van der Waals surface area contributed by atoms with Crippen LogP contribution < -0.4 is 0 Å². The molecule has 1 aromatic rings. The summed E-state index contributed by atoms with van der Waals surface area (Å²) in [5.41, 5.74) is 3.31. The van der Waals surface area contributed by atoms with Crippen molar-refractivity contribution < 1.29 is 5.11 Å². The summed E-state index contributed by atoms with van der Waals surface area (Å²) in [7, 11) is 0. The van der Waals surface area contributed by atoms with Crippen molar-refractivity contribution in [3.05, 3.63) is 41.0 Å². The third-order valence-corrected chi connectivity index (χ3v) is 4.73. The summed E-state index contributed by atoms with van der Waals surface area (Å²) in [5.74, 6) is 0.773. The van der Waals surface area contributed by atoms with E-state index in [-0.39, 0.29) is 11.3 Å². The van der Waals surface area contributed by atoms with Crippen molar-refractivity contribution in [2.75, 3.05) is 0 Å². The number of aliphatic hydroxyl groups is 1. The fourth-order valence-electron chi connectivity index (χ4n) is 4.17. The van der Waals surface area contributed by atoms with E-state index in [1.165, 1.54) is 11.1 Å². The average Bonchev–Trinajstić information content (AvgIpc) is 2.26. The summed E-state index contributed by atoms with van der Waals surface area (Å²) in [6.45, 7) is 9.01. The Morgan fingerprint density at radius 3 is 2.50 bits per heavy atom. The first-order valence-corrected chi connectivity index (χ1v) is 6.89. The largest absolute Gasteiger partial charge is 0.384 e. The van der Waals surface area contributed by atoms with Gasteiger partial charge in [0.15, 0.2) is 0 Å². The summed E-state index contributed by atoms with van der Waals surface area (Å²) in [4.78, 5) is 0. The van der Waals surface area contributed by atoms with Crippen LogP contribution in [0.1, 0.15) is 45.2 Å². The third-order valence-electron chi connectivity index (χ3n) is 4.73. The van der Waals surface area contributed by atoms with Gasteiger partial charge in [0, 0.05) is 5.92 Å². The highest BCUT2D eigenvalue weighted by Gasteiger charge is 2.61. The fourth-order valence-corrected chi connectivity index (χ4v) is 4.17. The Morgan fingerprint density at radius 2 is 1.89 bits per heavy atom. The van der Waals surface area contributed by atoms with Crippen molar-refractivity contribution in [3.8, 4) is 0 Å². The molecule has 3 rings (SSSR count). The Bertz CT molecular complexity index is 524. The molecule has 0 radical (unpaired) electrons. The lowest BCUT2D eigenvalue weighted by atomic mass is 9.45. The van der Waals surface area contributed by atoms with Crippen LogP contribution in [0.2, 0.25) is 0 Å². The van der Waals surface area contributed by atoms with Crippen molar-refractivity contribution in [1.82, 2.24) is 0 Å². The van der Waals surface area contributed by atoms with Gasteiger partial charge in [0.2, 0.25) is 0 Å². The third kappa shape index (κ3) is 1.37. The topological polar surface area (TPSA) is 20.2 Å². The Morgan fingerprint density at radius 1 is 1.22 bits per heavy atom. The zero-order valence-corrected chi connectivity index (χ0v) is 11.7. The lowest BCUT2D eigenvalue weighted by Gasteiger charge is -2.61. The van der Waals surface area contributed by atoms with Gasteiger partial charge in [-0.25, -0.2) is 0 Å². The summed E-state index contributed by atoms with van der Waals surface area (Å²) < 4.78 is 0. The summed E-state index contributed by atoms with van der Waals surface area (Å²) in [6, 6.07) is 8.30. The molecule has 2 aliphatic rings. The van der Waals surface area contributed by atoms with Gasteiger partial charge in [-0.2, -0.15) is 0 Å². The molecule has 2 atom stereocenters. The molecule has 1 heteroatoms. The number of hydrogen-bond donors (Lipinski definition) is 1. The van der Waals surface area contributed by atoms with Gasteiger partial charge < -0.3 is 5.11 Å². The van der Waals surface area contributed by atoms with Gasteiger partial charge in [-0.3, -0.25) is 0 Å². The Balaban J connectivity index is 2.21. The molecule has 0 spiro atoms. The van der Waals surface area contributed by atoms with Crippen molar-refractivity contribution in [1.29, 1.82) is 0 Å². The van der Waals surface area contributed by atoms with Crippen LogP contribution >= 0.6 is 0 Å². The second-order valence-electron chi connectivity index (χ2n) is 6.91. The zero-order chi connectivity index (χ0) is 13.1. The lowest BCUT2D eigenvalue weighted by Crippen LogP contribution is -2.59. The molecular formula is C17H22O. The van der Waals surface area contributed by atoms with E-state index in [2.05, 4.69) is 52.0 Å². The quantitative estimate of drug-likeness (QED) is 0.790. The zero-order valence-electron chi connectivity index (χ0n) is 11.7. The molecule has 1 saturated carbocycles. The van der Waals surface area contributed by atoms with Crippen LogP contribution in [-0.2, 0) is 5.60 Å². The van der Waals surface area contributed by atoms with Gasteiger partial charge in [0.1, 0.15) is 0 Å². The van der Waals surface area contributed by atoms with Gasteiger partial charge >= 0.3 is 0 Å². The van der Waals surface area contributed by atoms with Crippen molar-refractivity contribution in [2.24, 2.45) is 17.3 Å². The number of hydrogen-bond acceptors (Lipinski definition) is 1. The van der Waals surface area contributed by atoms with E-state index in [0.29, 0.717) is 5.92 Å². The SMILES string of the molecule is CC(C)C1=Cc2ccccc2C2(O)CC(C)(C)C12. The first-order valence-electron chi connectivity index (χ1n) is 6.89. The number of fused-ring (bicyclic) bond motifs is 3. The van der Waals surface area contributed by atoms with E-state index in [1.54, 1.807) is 0 Å². The van der Waals surface area contributed by atoms with E-state index in [4.69, 9.17) is 0 Å². The second-order valence-corrected chi connectivity index (χ2v) is 6.91. The molecule has 96 valence electrons. The second kappa shape index (κ2) is 3.48. The van der Waals surface area contributed by atoms with Crippen LogP contribution in [0.5, 0.6) is 0 Å². The molecule has 0 amide bonds. The van der Waals surface area contributed by atoms with E-state index >= 15 is 0 Å². The minimum absolute atomic E-state index is 0.207. The van der Waals surface area contributed by atoms with Gasteiger partial charge in [0.05, 0.1) is 5.60 Å². The summed E-state index contributed by atoms with van der Waals surface area (Å²) in [5, 5.41) is 11.1. The number of benzene rings is 1. The molecule has 1 fully saturated rings. The van der Waals surface area contributed by atoms with Gasteiger partial charge in [-0.15, -0.1) is 0 Å². The average molecular weight is 242 g/mol. The van der Waals surface area contributed by atoms with E-state index in [1.807, 2.05) is 6.07 Å². The van der Waals surface area contributed by atoms with Crippen LogP contribution in [0.25, 0.3) is 6.08 Å². The van der Waals surface area contributed by atoms with E-state index in [0.717, 1.165) is 12.0 Å². The fraction of sp³-hybridized carbons (Fsp3) is 0.529. The summed E-state index contributed by atoms with van der Waals surface area (Å²) >= 11 is 0. The molecule has 1 N–H and O–H groups in total. The first-order chi connectivity index (χ1) is 8.36. The maximum Gasteiger partial charge on any atom is 0.0977 e. The smallest absolute Gasteiger partial charge is 0.0977 e. The minimum atomic E-state index is -0.631. The van der Waals surface area contributed by atoms with Gasteiger partial charge in [-0.1, -0.05) is 63.6 Å². The van der Waals surface area contributed by atoms with Crippen molar-refractivity contribution in [3.63, 3.8) is 0 Å². The van der Waals surface area contributed by atoms with Gasteiger partial charge in [-0.05, 0) is 28.9 Å². The normalized spacial score (nSPS) is 32.3. The highest BCUT2D eigenvalue weighted by molar-refractivity contribution is 5.65.